The molecule has 3 heteroatoms. The van der Waals surface area contributed by atoms with Crippen molar-refractivity contribution in [2.75, 3.05) is 4.90 Å². The second kappa shape index (κ2) is 8.72. The topological polar surface area (TPSA) is 16.4 Å². The molecule has 0 amide bonds. The molecule has 1 aromatic heterocycles. The van der Waals surface area contributed by atoms with Crippen LogP contribution in [-0.4, -0.2) is 0 Å². The Bertz CT molecular complexity index is 1270. The molecule has 0 aliphatic heterocycles. The molecule has 0 fully saturated rings. The SMILES string of the molecule is C=C(/C=C\c1coc2ccccc12)N(c1ccc(C(C)(C)C)cc1)c1cc(C)cc(Cl)c1. The quantitative estimate of drug-likeness (QED) is 0.287. The van der Waals surface area contributed by atoms with Crippen LogP contribution in [0.4, 0.5) is 11.4 Å². The van der Waals surface area contributed by atoms with Gasteiger partial charge in [0.25, 0.3) is 0 Å². The molecule has 0 N–H and O–H groups in total. The number of benzene rings is 3. The van der Waals surface area contributed by atoms with Crippen LogP contribution in [-0.2, 0) is 5.41 Å². The van der Waals surface area contributed by atoms with E-state index in [1.165, 1.54) is 5.56 Å². The Balaban J connectivity index is 1.74. The highest BCUT2D eigenvalue weighted by Gasteiger charge is 2.17. The van der Waals surface area contributed by atoms with Crippen LogP contribution in [0, 0.1) is 6.92 Å². The van der Waals surface area contributed by atoms with Gasteiger partial charge in [-0.15, -0.1) is 0 Å². The van der Waals surface area contributed by atoms with Gasteiger partial charge in [0.2, 0.25) is 0 Å². The van der Waals surface area contributed by atoms with Gasteiger partial charge in [0.05, 0.1) is 6.26 Å². The van der Waals surface area contributed by atoms with Gasteiger partial charge in [0.1, 0.15) is 5.58 Å². The maximum atomic E-state index is 6.41. The van der Waals surface area contributed by atoms with Crippen LogP contribution in [0.1, 0.15) is 37.5 Å². The Kier molecular flexibility index (Phi) is 5.99. The lowest BCUT2D eigenvalue weighted by atomic mass is 9.87. The number of furan rings is 1. The van der Waals surface area contributed by atoms with Crippen LogP contribution in [0.15, 0.2) is 95.8 Å². The third-order valence-corrected chi connectivity index (χ3v) is 5.75. The summed E-state index contributed by atoms with van der Waals surface area (Å²) >= 11 is 6.41. The summed E-state index contributed by atoms with van der Waals surface area (Å²) in [4.78, 5) is 2.13. The lowest BCUT2D eigenvalue weighted by Gasteiger charge is -2.27. The first-order chi connectivity index (χ1) is 15.2. The van der Waals surface area contributed by atoms with E-state index in [0.717, 1.165) is 39.2 Å². The molecule has 0 bridgehead atoms. The monoisotopic (exact) mass is 441 g/mol. The smallest absolute Gasteiger partial charge is 0.134 e. The third kappa shape index (κ3) is 4.66. The summed E-state index contributed by atoms with van der Waals surface area (Å²) < 4.78 is 5.68. The summed E-state index contributed by atoms with van der Waals surface area (Å²) in [5.41, 5.74) is 7.22. The van der Waals surface area contributed by atoms with Crippen molar-refractivity contribution in [3.05, 3.63) is 113 Å². The lowest BCUT2D eigenvalue weighted by molar-refractivity contribution is 0.590. The zero-order chi connectivity index (χ0) is 22.9. The largest absolute Gasteiger partial charge is 0.464 e. The lowest BCUT2D eigenvalue weighted by Crippen LogP contribution is -2.16. The number of aryl methyl sites for hydroxylation is 1. The first-order valence-electron chi connectivity index (χ1n) is 10.7. The number of anilines is 2. The van der Waals surface area contributed by atoms with E-state index in [0.29, 0.717) is 5.02 Å². The number of fused-ring (bicyclic) bond motifs is 1. The zero-order valence-electron chi connectivity index (χ0n) is 19.0. The van der Waals surface area contributed by atoms with E-state index in [1.54, 1.807) is 6.26 Å². The van der Waals surface area contributed by atoms with Crippen molar-refractivity contribution in [1.82, 2.24) is 0 Å². The van der Waals surface area contributed by atoms with Gasteiger partial charge in [-0.3, -0.25) is 0 Å². The molecule has 1 heterocycles. The van der Waals surface area contributed by atoms with Crippen molar-refractivity contribution in [3.8, 4) is 0 Å². The van der Waals surface area contributed by atoms with Crippen molar-refractivity contribution >= 4 is 40.0 Å². The minimum Gasteiger partial charge on any atom is -0.464 e. The van der Waals surface area contributed by atoms with Gasteiger partial charge in [0, 0.05) is 33.0 Å². The van der Waals surface area contributed by atoms with Crippen molar-refractivity contribution in [2.45, 2.75) is 33.1 Å². The van der Waals surface area contributed by atoms with Gasteiger partial charge in [0.15, 0.2) is 0 Å². The van der Waals surface area contributed by atoms with Gasteiger partial charge < -0.3 is 9.32 Å². The molecule has 2 nitrogen and oxygen atoms in total. The zero-order valence-corrected chi connectivity index (χ0v) is 19.8. The van der Waals surface area contributed by atoms with Gasteiger partial charge in [-0.05, 0) is 72.0 Å². The number of para-hydroxylation sites is 1. The molecule has 3 aromatic carbocycles. The number of halogens is 1. The van der Waals surface area contributed by atoms with Crippen LogP contribution in [0.3, 0.4) is 0 Å². The molecule has 4 aromatic rings. The van der Waals surface area contributed by atoms with Crippen LogP contribution >= 0.6 is 11.6 Å². The maximum absolute atomic E-state index is 6.41. The van der Waals surface area contributed by atoms with Crippen molar-refractivity contribution in [1.29, 1.82) is 0 Å². The summed E-state index contributed by atoms with van der Waals surface area (Å²) in [6, 6.07) is 22.7. The fourth-order valence-electron chi connectivity index (χ4n) is 3.83. The molecule has 0 radical (unpaired) electrons. The number of allylic oxidation sites excluding steroid dienone is 1. The maximum Gasteiger partial charge on any atom is 0.134 e. The molecule has 0 atom stereocenters. The average Bonchev–Trinajstić information content (AvgIpc) is 3.15. The molecular formula is C29H28ClNO. The van der Waals surface area contributed by atoms with Crippen molar-refractivity contribution in [2.24, 2.45) is 0 Å². The molecule has 0 saturated heterocycles. The van der Waals surface area contributed by atoms with Gasteiger partial charge >= 0.3 is 0 Å². The molecule has 0 spiro atoms. The molecule has 0 aliphatic rings. The first-order valence-corrected chi connectivity index (χ1v) is 11.1. The highest BCUT2D eigenvalue weighted by atomic mass is 35.5. The Morgan fingerprint density at radius 3 is 2.38 bits per heavy atom. The Morgan fingerprint density at radius 1 is 0.969 bits per heavy atom. The normalized spacial score (nSPS) is 11.9. The van der Waals surface area contributed by atoms with E-state index >= 15 is 0 Å². The number of nitrogens with zero attached hydrogens (tertiary/aromatic N) is 1. The fraction of sp³-hybridized carbons (Fsp3) is 0.172. The third-order valence-electron chi connectivity index (χ3n) is 5.53. The summed E-state index contributed by atoms with van der Waals surface area (Å²) in [5, 5.41) is 1.78. The van der Waals surface area contributed by atoms with Crippen LogP contribution in [0.5, 0.6) is 0 Å². The molecule has 0 saturated carbocycles. The van der Waals surface area contributed by atoms with Gasteiger partial charge in [-0.1, -0.05) is 69.3 Å². The van der Waals surface area contributed by atoms with E-state index in [4.69, 9.17) is 16.0 Å². The highest BCUT2D eigenvalue weighted by molar-refractivity contribution is 6.31. The summed E-state index contributed by atoms with van der Waals surface area (Å²) in [6.45, 7) is 13.1. The second-order valence-electron chi connectivity index (χ2n) is 9.13. The van der Waals surface area contributed by atoms with Crippen LogP contribution in [0.2, 0.25) is 5.02 Å². The van der Waals surface area contributed by atoms with E-state index in [1.807, 2.05) is 49.4 Å². The number of rotatable bonds is 5. The summed E-state index contributed by atoms with van der Waals surface area (Å²) in [6.07, 6.45) is 5.84. The Hall–Kier alpha value is -3.23. The molecule has 0 aliphatic carbocycles. The van der Waals surface area contributed by atoms with E-state index < -0.39 is 0 Å². The molecular weight excluding hydrogens is 414 g/mol. The van der Waals surface area contributed by atoms with E-state index in [9.17, 15) is 0 Å². The van der Waals surface area contributed by atoms with Crippen LogP contribution in [0.25, 0.3) is 17.0 Å². The van der Waals surface area contributed by atoms with Crippen LogP contribution < -0.4 is 4.90 Å². The minimum absolute atomic E-state index is 0.0925. The van der Waals surface area contributed by atoms with E-state index in [2.05, 4.69) is 68.6 Å². The summed E-state index contributed by atoms with van der Waals surface area (Å²) in [7, 11) is 0. The number of hydrogen-bond acceptors (Lipinski definition) is 2. The molecule has 32 heavy (non-hydrogen) atoms. The number of hydrogen-bond donors (Lipinski definition) is 0. The second-order valence-corrected chi connectivity index (χ2v) is 9.57. The predicted molar refractivity (Wildman–Crippen MR) is 138 cm³/mol. The minimum atomic E-state index is 0.0925. The predicted octanol–water partition coefficient (Wildman–Crippen LogP) is 9.06. The molecule has 162 valence electrons. The van der Waals surface area contributed by atoms with Crippen molar-refractivity contribution < 1.29 is 4.42 Å². The Morgan fingerprint density at radius 2 is 1.69 bits per heavy atom. The highest BCUT2D eigenvalue weighted by Crippen LogP contribution is 2.34. The fourth-order valence-corrected chi connectivity index (χ4v) is 4.11. The summed E-state index contributed by atoms with van der Waals surface area (Å²) in [5.74, 6) is 0. The average molecular weight is 442 g/mol. The Labute approximate surface area is 195 Å². The van der Waals surface area contributed by atoms with Gasteiger partial charge in [-0.25, -0.2) is 0 Å². The molecule has 4 rings (SSSR count). The molecule has 0 unspecified atom stereocenters. The first kappa shape index (κ1) is 22.0. The van der Waals surface area contributed by atoms with Crippen molar-refractivity contribution in [3.63, 3.8) is 0 Å². The van der Waals surface area contributed by atoms with E-state index in [-0.39, 0.29) is 5.41 Å². The van der Waals surface area contributed by atoms with Gasteiger partial charge in [-0.2, -0.15) is 0 Å². The standard InChI is InChI=1S/C29H28ClNO/c1-20-16-24(30)18-26(17-20)31(25-14-12-23(13-15-25)29(3,4)5)21(2)10-11-22-19-32-28-9-7-6-8-27(22)28/h6-19H,2H2,1,3-5H3/b11-10-.